The molecule has 1 fully saturated rings. The van der Waals surface area contributed by atoms with E-state index in [4.69, 9.17) is 0 Å². The van der Waals surface area contributed by atoms with Crippen molar-refractivity contribution in [3.8, 4) is 0 Å². The highest BCUT2D eigenvalue weighted by atomic mass is 16.3. The lowest BCUT2D eigenvalue weighted by Gasteiger charge is -2.34. The number of rotatable bonds is 33. The molecule has 1 saturated carbocycles. The Morgan fingerprint density at radius 2 is 0.822 bits per heavy atom. The maximum absolute atomic E-state index is 10.2. The van der Waals surface area contributed by atoms with Crippen LogP contribution in [0.15, 0.2) is 48.6 Å². The minimum absolute atomic E-state index is 0.191. The van der Waals surface area contributed by atoms with Gasteiger partial charge in [-0.15, -0.1) is 0 Å². The first-order valence-corrected chi connectivity index (χ1v) is 20.2. The smallest absolute Gasteiger partial charge is 0.0499 e. The van der Waals surface area contributed by atoms with Gasteiger partial charge in [0.05, 0.1) is 0 Å². The van der Waals surface area contributed by atoms with Crippen molar-refractivity contribution in [2.24, 2.45) is 5.41 Å². The Balaban J connectivity index is 2.11. The summed E-state index contributed by atoms with van der Waals surface area (Å²) in [6.07, 6.45) is 55.5. The molecule has 0 saturated heterocycles. The first-order valence-electron chi connectivity index (χ1n) is 20.2. The van der Waals surface area contributed by atoms with Crippen LogP contribution >= 0.6 is 0 Å². The molecule has 0 atom stereocenters. The van der Waals surface area contributed by atoms with Crippen LogP contribution in [0.4, 0.5) is 0 Å². The quantitative estimate of drug-likeness (QED) is 0.0579. The zero-order valence-electron chi connectivity index (χ0n) is 30.6. The van der Waals surface area contributed by atoms with Crippen molar-refractivity contribution in [1.82, 2.24) is 4.90 Å². The summed E-state index contributed by atoms with van der Waals surface area (Å²) >= 11 is 0. The lowest BCUT2D eigenvalue weighted by atomic mass is 9.86. The molecule has 1 N–H and O–H groups in total. The maximum Gasteiger partial charge on any atom is 0.0499 e. The topological polar surface area (TPSA) is 23.5 Å². The van der Waals surface area contributed by atoms with Crippen molar-refractivity contribution in [2.75, 3.05) is 26.2 Å². The zero-order valence-corrected chi connectivity index (χ0v) is 30.6. The third-order valence-electron chi connectivity index (χ3n) is 9.91. The third kappa shape index (κ3) is 26.6. The predicted molar refractivity (Wildman–Crippen MR) is 203 cm³/mol. The van der Waals surface area contributed by atoms with Crippen LogP contribution in [-0.2, 0) is 0 Å². The highest BCUT2D eigenvalue weighted by molar-refractivity contribution is 4.93. The fraction of sp³-hybridized carbons (Fsp3) is 0.814. The van der Waals surface area contributed by atoms with Crippen LogP contribution < -0.4 is 0 Å². The number of hydrogen-bond donors (Lipinski definition) is 1. The molecule has 0 radical (unpaired) electrons. The standard InChI is InChI=1S/C43H79NO/c1-3-5-7-9-11-13-15-17-19-21-23-25-27-29-31-35-39-44(41-43(42-45)37-33-34-38-43)40-36-32-30-28-26-24-22-20-18-16-14-12-10-8-6-4-2/h11-14,17-20,45H,3-10,15-16,21-42H2,1-2H3/b13-11-,14-12-,19-17-,20-18-. The molecule has 0 heterocycles. The molecule has 0 amide bonds. The summed E-state index contributed by atoms with van der Waals surface area (Å²) in [6, 6.07) is 0. The summed E-state index contributed by atoms with van der Waals surface area (Å²) in [7, 11) is 0. The number of nitrogens with zero attached hydrogens (tertiary/aromatic N) is 1. The highest BCUT2D eigenvalue weighted by Crippen LogP contribution is 2.38. The second-order valence-corrected chi connectivity index (χ2v) is 14.3. The van der Waals surface area contributed by atoms with Gasteiger partial charge in [0, 0.05) is 18.6 Å². The number of allylic oxidation sites excluding steroid dienone is 8. The lowest BCUT2D eigenvalue weighted by Crippen LogP contribution is -2.39. The van der Waals surface area contributed by atoms with Crippen LogP contribution in [0.3, 0.4) is 0 Å². The lowest BCUT2D eigenvalue weighted by molar-refractivity contribution is 0.0763. The van der Waals surface area contributed by atoms with Gasteiger partial charge in [-0.1, -0.05) is 152 Å². The van der Waals surface area contributed by atoms with E-state index in [2.05, 4.69) is 67.4 Å². The Kier molecular flexibility index (Phi) is 30.5. The number of aliphatic hydroxyl groups excluding tert-OH is 1. The van der Waals surface area contributed by atoms with Crippen LogP contribution in [0.25, 0.3) is 0 Å². The van der Waals surface area contributed by atoms with E-state index in [1.54, 1.807) is 0 Å². The van der Waals surface area contributed by atoms with Gasteiger partial charge >= 0.3 is 0 Å². The van der Waals surface area contributed by atoms with Gasteiger partial charge in [0.2, 0.25) is 0 Å². The van der Waals surface area contributed by atoms with Gasteiger partial charge in [0.25, 0.3) is 0 Å². The van der Waals surface area contributed by atoms with Gasteiger partial charge < -0.3 is 10.0 Å². The molecule has 45 heavy (non-hydrogen) atoms. The maximum atomic E-state index is 10.2. The Hall–Kier alpha value is -1.12. The summed E-state index contributed by atoms with van der Waals surface area (Å²) in [5.74, 6) is 0. The first-order chi connectivity index (χ1) is 22.3. The minimum Gasteiger partial charge on any atom is -0.396 e. The van der Waals surface area contributed by atoms with E-state index in [-0.39, 0.29) is 5.41 Å². The first kappa shape index (κ1) is 41.9. The van der Waals surface area contributed by atoms with E-state index in [1.807, 2.05) is 0 Å². The molecule has 1 aliphatic carbocycles. The molecule has 0 spiro atoms. The third-order valence-corrected chi connectivity index (χ3v) is 9.91. The summed E-state index contributed by atoms with van der Waals surface area (Å²) in [4.78, 5) is 2.74. The van der Waals surface area contributed by atoms with Gasteiger partial charge in [0.1, 0.15) is 0 Å². The number of aliphatic hydroxyl groups is 1. The summed E-state index contributed by atoms with van der Waals surface area (Å²) < 4.78 is 0. The van der Waals surface area contributed by atoms with Gasteiger partial charge in [-0.05, 0) is 103 Å². The fourth-order valence-electron chi connectivity index (χ4n) is 6.88. The molecule has 0 aliphatic heterocycles. The molecule has 1 aliphatic rings. The molecule has 0 unspecified atom stereocenters. The molecule has 0 aromatic heterocycles. The largest absolute Gasteiger partial charge is 0.396 e. The normalized spacial score (nSPS) is 15.4. The molecule has 262 valence electrons. The van der Waals surface area contributed by atoms with Crippen molar-refractivity contribution in [3.05, 3.63) is 48.6 Å². The van der Waals surface area contributed by atoms with Crippen molar-refractivity contribution < 1.29 is 5.11 Å². The monoisotopic (exact) mass is 626 g/mol. The van der Waals surface area contributed by atoms with E-state index >= 15 is 0 Å². The SMILES string of the molecule is CCCCC/C=C\C/C=C\CCCCCCCCN(CCCCCCCC/C=C\C/C=C\CCCCC)CC1(CO)CCCC1. The van der Waals surface area contributed by atoms with E-state index in [0.29, 0.717) is 6.61 Å². The van der Waals surface area contributed by atoms with E-state index in [9.17, 15) is 5.11 Å². The Morgan fingerprint density at radius 3 is 1.20 bits per heavy atom. The van der Waals surface area contributed by atoms with Crippen LogP contribution in [0.1, 0.15) is 194 Å². The van der Waals surface area contributed by atoms with Gasteiger partial charge in [-0.3, -0.25) is 0 Å². The fourth-order valence-corrected chi connectivity index (χ4v) is 6.88. The molecule has 2 nitrogen and oxygen atoms in total. The second kappa shape index (κ2) is 32.8. The van der Waals surface area contributed by atoms with Crippen LogP contribution in [0.2, 0.25) is 0 Å². The number of hydrogen-bond acceptors (Lipinski definition) is 2. The minimum atomic E-state index is 0.191. The number of unbranched alkanes of at least 4 members (excludes halogenated alkanes) is 18. The Labute approximate surface area is 283 Å². The summed E-state index contributed by atoms with van der Waals surface area (Å²) in [5, 5.41) is 10.2. The molecule has 0 aromatic carbocycles. The van der Waals surface area contributed by atoms with E-state index in [0.717, 1.165) is 19.4 Å². The molecule has 2 heteroatoms. The molecule has 0 aromatic rings. The highest BCUT2D eigenvalue weighted by Gasteiger charge is 2.34. The molecular formula is C43H79NO. The average molecular weight is 626 g/mol. The van der Waals surface area contributed by atoms with Gasteiger partial charge in [0.15, 0.2) is 0 Å². The molecule has 1 rings (SSSR count). The zero-order chi connectivity index (χ0) is 32.4. The second-order valence-electron chi connectivity index (χ2n) is 14.3. The average Bonchev–Trinajstić information content (AvgIpc) is 3.53. The molecular weight excluding hydrogens is 546 g/mol. The van der Waals surface area contributed by atoms with Crippen molar-refractivity contribution in [3.63, 3.8) is 0 Å². The van der Waals surface area contributed by atoms with Gasteiger partial charge in [-0.2, -0.15) is 0 Å². The predicted octanol–water partition coefficient (Wildman–Crippen LogP) is 13.5. The van der Waals surface area contributed by atoms with Crippen LogP contribution in [-0.4, -0.2) is 36.2 Å². The Morgan fingerprint density at radius 1 is 0.467 bits per heavy atom. The summed E-state index contributed by atoms with van der Waals surface area (Å²) in [6.45, 7) is 8.52. The van der Waals surface area contributed by atoms with E-state index in [1.165, 1.54) is 180 Å². The van der Waals surface area contributed by atoms with Crippen molar-refractivity contribution in [1.29, 1.82) is 0 Å². The summed E-state index contributed by atoms with van der Waals surface area (Å²) in [5.41, 5.74) is 0.191. The van der Waals surface area contributed by atoms with Crippen molar-refractivity contribution >= 4 is 0 Å². The Bertz CT molecular complexity index is 665. The molecule has 0 bridgehead atoms. The van der Waals surface area contributed by atoms with E-state index < -0.39 is 0 Å². The van der Waals surface area contributed by atoms with Crippen LogP contribution in [0, 0.1) is 5.41 Å². The van der Waals surface area contributed by atoms with Crippen LogP contribution in [0.5, 0.6) is 0 Å². The van der Waals surface area contributed by atoms with Gasteiger partial charge in [-0.25, -0.2) is 0 Å². The van der Waals surface area contributed by atoms with Crippen molar-refractivity contribution in [2.45, 2.75) is 194 Å².